The van der Waals surface area contributed by atoms with Crippen molar-refractivity contribution in [1.29, 1.82) is 0 Å². The van der Waals surface area contributed by atoms with Crippen molar-refractivity contribution in [3.8, 4) is 0 Å². The second-order valence-corrected chi connectivity index (χ2v) is 11.9. The van der Waals surface area contributed by atoms with Gasteiger partial charge in [-0.25, -0.2) is 0 Å². The quantitative estimate of drug-likeness (QED) is 0.0499. The fourth-order valence-corrected chi connectivity index (χ4v) is 4.98. The van der Waals surface area contributed by atoms with Crippen molar-refractivity contribution in [3.05, 3.63) is 24.3 Å². The first kappa shape index (κ1) is 38.9. The minimum Gasteiger partial charge on any atom is -0.466 e. The zero-order valence-electron chi connectivity index (χ0n) is 26.8. The second kappa shape index (κ2) is 32.4. The summed E-state index contributed by atoms with van der Waals surface area (Å²) in [6.45, 7) is 5.00. The first-order chi connectivity index (χ1) is 19.6. The summed E-state index contributed by atoms with van der Waals surface area (Å²) in [6, 6.07) is 0. The van der Waals surface area contributed by atoms with Crippen LogP contribution in [0.1, 0.15) is 181 Å². The van der Waals surface area contributed by atoms with Crippen LogP contribution in [0.25, 0.3) is 0 Å². The Morgan fingerprint density at radius 3 is 1.48 bits per heavy atom. The molecule has 0 aliphatic rings. The number of aliphatic hydroxyl groups excluding tert-OH is 2. The molecule has 0 rings (SSSR count). The molecule has 0 aromatic carbocycles. The van der Waals surface area contributed by atoms with E-state index in [2.05, 4.69) is 38.2 Å². The first-order valence-corrected chi connectivity index (χ1v) is 17.4. The summed E-state index contributed by atoms with van der Waals surface area (Å²) in [5, 5.41) is 20.0. The number of unbranched alkanes of at least 4 members (excludes halogenated alkanes) is 17. The molecule has 40 heavy (non-hydrogen) atoms. The number of aliphatic hydroxyl groups is 2. The van der Waals surface area contributed by atoms with Crippen LogP contribution in [0.3, 0.4) is 0 Å². The highest BCUT2D eigenvalue weighted by Crippen LogP contribution is 2.13. The highest BCUT2D eigenvalue weighted by molar-refractivity contribution is 5.69. The molecule has 0 bridgehead atoms. The Labute approximate surface area is 249 Å². The molecule has 4 nitrogen and oxygen atoms in total. The number of rotatable bonds is 31. The molecule has 0 saturated heterocycles. The van der Waals surface area contributed by atoms with Gasteiger partial charge in [-0.3, -0.25) is 4.79 Å². The predicted molar refractivity (Wildman–Crippen MR) is 173 cm³/mol. The van der Waals surface area contributed by atoms with Gasteiger partial charge in [0.05, 0.1) is 18.8 Å². The molecule has 236 valence electrons. The van der Waals surface area contributed by atoms with Gasteiger partial charge in [0.25, 0.3) is 0 Å². The van der Waals surface area contributed by atoms with Gasteiger partial charge in [0.15, 0.2) is 0 Å². The second-order valence-electron chi connectivity index (χ2n) is 11.9. The molecule has 0 heterocycles. The number of esters is 1. The van der Waals surface area contributed by atoms with Crippen LogP contribution < -0.4 is 0 Å². The molecule has 0 spiro atoms. The van der Waals surface area contributed by atoms with Crippen LogP contribution >= 0.6 is 0 Å². The Morgan fingerprint density at radius 1 is 0.550 bits per heavy atom. The van der Waals surface area contributed by atoms with Crippen LogP contribution in [0.2, 0.25) is 0 Å². The van der Waals surface area contributed by atoms with Crippen molar-refractivity contribution in [2.75, 3.05) is 6.61 Å². The van der Waals surface area contributed by atoms with Crippen molar-refractivity contribution >= 4 is 5.97 Å². The topological polar surface area (TPSA) is 66.8 Å². The maximum atomic E-state index is 11.9. The minimum atomic E-state index is -0.173. The molecule has 0 aliphatic heterocycles. The Kier molecular flexibility index (Phi) is 31.5. The van der Waals surface area contributed by atoms with Crippen LogP contribution in [-0.4, -0.2) is 35.0 Å². The van der Waals surface area contributed by atoms with Crippen molar-refractivity contribution in [1.82, 2.24) is 0 Å². The summed E-state index contributed by atoms with van der Waals surface area (Å²) in [6.07, 6.45) is 37.1. The highest BCUT2D eigenvalue weighted by atomic mass is 16.5. The van der Waals surface area contributed by atoms with E-state index < -0.39 is 0 Å². The van der Waals surface area contributed by atoms with E-state index in [1.807, 2.05) is 0 Å². The van der Waals surface area contributed by atoms with E-state index in [9.17, 15) is 15.0 Å². The lowest BCUT2D eigenvalue weighted by atomic mass is 10.1. The summed E-state index contributed by atoms with van der Waals surface area (Å²) < 4.78 is 5.40. The summed E-state index contributed by atoms with van der Waals surface area (Å²) in [7, 11) is 0. The van der Waals surface area contributed by atoms with Gasteiger partial charge in [-0.05, 0) is 64.2 Å². The average Bonchev–Trinajstić information content (AvgIpc) is 2.95. The van der Waals surface area contributed by atoms with Gasteiger partial charge in [-0.2, -0.15) is 0 Å². The SMILES string of the molecule is CCCCCC[C@@H](O)C/C=C\CCCCCCCCOC(=O)CCCCCCC/C=C\C[C@H](O)CCCCCC. The normalized spacial score (nSPS) is 13.4. The molecule has 0 aromatic rings. The van der Waals surface area contributed by atoms with Gasteiger partial charge < -0.3 is 14.9 Å². The summed E-state index contributed by atoms with van der Waals surface area (Å²) >= 11 is 0. The molecule has 2 atom stereocenters. The van der Waals surface area contributed by atoms with Gasteiger partial charge in [0.1, 0.15) is 0 Å². The molecule has 0 radical (unpaired) electrons. The molecule has 2 N–H and O–H groups in total. The monoisotopic (exact) mass is 565 g/mol. The zero-order chi connectivity index (χ0) is 29.4. The lowest BCUT2D eigenvalue weighted by Gasteiger charge is -2.07. The Balaban J connectivity index is 3.35. The summed E-state index contributed by atoms with van der Waals surface area (Å²) in [4.78, 5) is 11.9. The van der Waals surface area contributed by atoms with Crippen molar-refractivity contribution < 1.29 is 19.7 Å². The van der Waals surface area contributed by atoms with Crippen LogP contribution in [0.15, 0.2) is 24.3 Å². The van der Waals surface area contributed by atoms with Gasteiger partial charge in [-0.1, -0.05) is 134 Å². The largest absolute Gasteiger partial charge is 0.466 e. The number of ether oxygens (including phenoxy) is 1. The fraction of sp³-hybridized carbons (Fsp3) is 0.861. The molecule has 0 unspecified atom stereocenters. The van der Waals surface area contributed by atoms with E-state index in [0.29, 0.717) is 13.0 Å². The van der Waals surface area contributed by atoms with E-state index in [0.717, 1.165) is 77.0 Å². The third-order valence-electron chi connectivity index (χ3n) is 7.71. The maximum Gasteiger partial charge on any atom is 0.305 e. The Hall–Kier alpha value is -1.13. The molecular formula is C36H68O4. The van der Waals surface area contributed by atoms with Crippen LogP contribution in [0, 0.1) is 0 Å². The highest BCUT2D eigenvalue weighted by Gasteiger charge is 2.03. The summed E-state index contributed by atoms with van der Waals surface area (Å²) in [5.74, 6) is -0.0333. The number of carbonyl (C=O) groups excluding carboxylic acids is 1. The van der Waals surface area contributed by atoms with E-state index in [1.165, 1.54) is 83.5 Å². The third-order valence-corrected chi connectivity index (χ3v) is 7.71. The van der Waals surface area contributed by atoms with Crippen LogP contribution in [0.4, 0.5) is 0 Å². The van der Waals surface area contributed by atoms with Gasteiger partial charge >= 0.3 is 5.97 Å². The lowest BCUT2D eigenvalue weighted by Crippen LogP contribution is -2.05. The number of hydrogen-bond donors (Lipinski definition) is 2. The fourth-order valence-electron chi connectivity index (χ4n) is 4.98. The molecule has 0 aliphatic carbocycles. The number of carbonyl (C=O) groups is 1. The van der Waals surface area contributed by atoms with Gasteiger partial charge in [-0.15, -0.1) is 0 Å². The van der Waals surface area contributed by atoms with E-state index in [-0.39, 0.29) is 18.2 Å². The smallest absolute Gasteiger partial charge is 0.305 e. The van der Waals surface area contributed by atoms with Gasteiger partial charge in [0.2, 0.25) is 0 Å². The van der Waals surface area contributed by atoms with Crippen LogP contribution in [-0.2, 0) is 9.53 Å². The zero-order valence-corrected chi connectivity index (χ0v) is 26.8. The lowest BCUT2D eigenvalue weighted by molar-refractivity contribution is -0.143. The molecular weight excluding hydrogens is 496 g/mol. The molecule has 0 amide bonds. The first-order valence-electron chi connectivity index (χ1n) is 17.4. The number of hydrogen-bond acceptors (Lipinski definition) is 4. The molecule has 0 fully saturated rings. The van der Waals surface area contributed by atoms with Crippen LogP contribution in [0.5, 0.6) is 0 Å². The third kappa shape index (κ3) is 31.4. The molecule has 0 aromatic heterocycles. The van der Waals surface area contributed by atoms with Gasteiger partial charge in [0, 0.05) is 6.42 Å². The van der Waals surface area contributed by atoms with E-state index in [1.54, 1.807) is 0 Å². The number of allylic oxidation sites excluding steroid dienone is 2. The van der Waals surface area contributed by atoms with E-state index in [4.69, 9.17) is 4.74 Å². The van der Waals surface area contributed by atoms with Crippen molar-refractivity contribution in [2.45, 2.75) is 193 Å². The Bertz CT molecular complexity index is 571. The summed E-state index contributed by atoms with van der Waals surface area (Å²) in [5.41, 5.74) is 0. The molecule has 0 saturated carbocycles. The maximum absolute atomic E-state index is 11.9. The standard InChI is InChI=1S/C36H68O4/c1-3-5-7-22-28-34(37)30-24-18-14-10-9-13-17-21-27-33-40-36(39)32-26-20-16-12-11-15-19-25-31-35(38)29-23-8-6-4-2/h18-19,24-25,34-35,37-38H,3-17,20-23,26-33H2,1-2H3/b24-18-,25-19-/t34-,35-/m1/s1. The molecule has 4 heteroatoms. The van der Waals surface area contributed by atoms with E-state index >= 15 is 0 Å². The van der Waals surface area contributed by atoms with Crippen molar-refractivity contribution in [2.24, 2.45) is 0 Å². The average molecular weight is 565 g/mol. The predicted octanol–water partition coefficient (Wildman–Crippen LogP) is 10.5. The van der Waals surface area contributed by atoms with Crippen molar-refractivity contribution in [3.63, 3.8) is 0 Å². The Morgan fingerprint density at radius 2 is 0.975 bits per heavy atom. The minimum absolute atomic E-state index is 0.0333.